The summed E-state index contributed by atoms with van der Waals surface area (Å²) in [6.45, 7) is 4.92. The van der Waals surface area contributed by atoms with Crippen molar-refractivity contribution in [1.82, 2.24) is 9.03 Å². The van der Waals surface area contributed by atoms with Crippen molar-refractivity contribution < 1.29 is 23.1 Å². The van der Waals surface area contributed by atoms with Crippen molar-refractivity contribution in [2.75, 3.05) is 26.3 Å². The standard InChI is InChI=1S/C11H22N2O5S/c1-3-18-8-9(2)12-19(16,17)13-6-4-10(5-7-13)11(14)15/h9-10,12H,3-8H2,1-2H3,(H,14,15). The van der Waals surface area contributed by atoms with Gasteiger partial charge in [0.2, 0.25) is 0 Å². The van der Waals surface area contributed by atoms with Crippen LogP contribution in [0.4, 0.5) is 0 Å². The van der Waals surface area contributed by atoms with E-state index in [4.69, 9.17) is 9.84 Å². The first-order valence-corrected chi connectivity index (χ1v) is 7.88. The summed E-state index contributed by atoms with van der Waals surface area (Å²) < 4.78 is 33.1. The SMILES string of the molecule is CCOCC(C)NS(=O)(=O)N1CCC(C(=O)O)CC1. The van der Waals surface area contributed by atoms with Crippen LogP contribution in [-0.2, 0) is 19.7 Å². The molecule has 1 fully saturated rings. The maximum atomic E-state index is 12.0. The molecule has 0 aromatic heterocycles. The molecule has 1 rings (SSSR count). The smallest absolute Gasteiger partial charge is 0.306 e. The third-order valence-corrected chi connectivity index (χ3v) is 4.81. The molecule has 0 amide bonds. The van der Waals surface area contributed by atoms with Crippen molar-refractivity contribution in [1.29, 1.82) is 0 Å². The second kappa shape index (κ2) is 7.18. The first-order chi connectivity index (χ1) is 8.86. The fourth-order valence-corrected chi connectivity index (χ4v) is 3.42. The number of carbonyl (C=O) groups is 1. The number of rotatable bonds is 7. The molecule has 1 heterocycles. The molecule has 8 heteroatoms. The molecule has 19 heavy (non-hydrogen) atoms. The number of ether oxygens (including phenoxy) is 1. The van der Waals surface area contributed by atoms with Crippen molar-refractivity contribution in [3.05, 3.63) is 0 Å². The fraction of sp³-hybridized carbons (Fsp3) is 0.909. The van der Waals surface area contributed by atoms with Crippen LogP contribution in [0.2, 0.25) is 0 Å². The van der Waals surface area contributed by atoms with Crippen LogP contribution in [0, 0.1) is 5.92 Å². The third-order valence-electron chi connectivity index (χ3n) is 3.07. The zero-order valence-corrected chi connectivity index (χ0v) is 12.1. The van der Waals surface area contributed by atoms with Crippen LogP contribution < -0.4 is 4.72 Å². The maximum Gasteiger partial charge on any atom is 0.306 e. The summed E-state index contributed by atoms with van der Waals surface area (Å²) >= 11 is 0. The quantitative estimate of drug-likeness (QED) is 0.691. The molecule has 0 aromatic carbocycles. The Morgan fingerprint density at radius 1 is 1.47 bits per heavy atom. The first kappa shape index (κ1) is 16.4. The van der Waals surface area contributed by atoms with Crippen LogP contribution >= 0.6 is 0 Å². The summed E-state index contributed by atoms with van der Waals surface area (Å²) in [5, 5.41) is 8.87. The Morgan fingerprint density at radius 3 is 2.53 bits per heavy atom. The number of nitrogens with zero attached hydrogens (tertiary/aromatic N) is 1. The van der Waals surface area contributed by atoms with E-state index in [9.17, 15) is 13.2 Å². The van der Waals surface area contributed by atoms with Gasteiger partial charge in [0.1, 0.15) is 0 Å². The Hall–Kier alpha value is -0.700. The minimum atomic E-state index is -3.55. The fourth-order valence-electron chi connectivity index (χ4n) is 2.00. The second-order valence-electron chi connectivity index (χ2n) is 4.69. The van der Waals surface area contributed by atoms with Crippen LogP contribution in [0.1, 0.15) is 26.7 Å². The van der Waals surface area contributed by atoms with Crippen LogP contribution in [-0.4, -0.2) is 56.1 Å². The molecule has 0 saturated carbocycles. The van der Waals surface area contributed by atoms with Crippen LogP contribution in [0.25, 0.3) is 0 Å². The molecule has 0 spiro atoms. The molecule has 1 atom stereocenters. The van der Waals surface area contributed by atoms with E-state index in [1.54, 1.807) is 6.92 Å². The van der Waals surface area contributed by atoms with Crippen molar-refractivity contribution in [3.63, 3.8) is 0 Å². The van der Waals surface area contributed by atoms with Gasteiger partial charge in [-0.05, 0) is 26.7 Å². The third kappa shape index (κ3) is 5.06. The van der Waals surface area contributed by atoms with Crippen molar-refractivity contribution in [2.45, 2.75) is 32.7 Å². The lowest BCUT2D eigenvalue weighted by Crippen LogP contribution is -2.49. The van der Waals surface area contributed by atoms with Gasteiger partial charge < -0.3 is 9.84 Å². The number of carboxylic acid groups (broad SMARTS) is 1. The zero-order valence-electron chi connectivity index (χ0n) is 11.3. The summed E-state index contributed by atoms with van der Waals surface area (Å²) in [5.74, 6) is -1.29. The molecule has 7 nitrogen and oxygen atoms in total. The summed E-state index contributed by atoms with van der Waals surface area (Å²) in [6.07, 6.45) is 0.714. The highest BCUT2D eigenvalue weighted by atomic mass is 32.2. The van der Waals surface area contributed by atoms with E-state index in [1.165, 1.54) is 4.31 Å². The summed E-state index contributed by atoms with van der Waals surface area (Å²) in [6, 6.07) is -0.304. The summed E-state index contributed by atoms with van der Waals surface area (Å²) in [5.41, 5.74) is 0. The molecule has 1 aliphatic rings. The average molecular weight is 294 g/mol. The first-order valence-electron chi connectivity index (χ1n) is 6.44. The normalized spacial score (nSPS) is 20.3. The van der Waals surface area contributed by atoms with Crippen LogP contribution in [0.15, 0.2) is 0 Å². The number of hydrogen-bond acceptors (Lipinski definition) is 4. The van der Waals surface area contributed by atoms with Gasteiger partial charge in [-0.25, -0.2) is 0 Å². The second-order valence-corrected chi connectivity index (χ2v) is 6.40. The van der Waals surface area contributed by atoms with Gasteiger partial charge in [0.05, 0.1) is 12.5 Å². The molecule has 0 aliphatic carbocycles. The molecule has 112 valence electrons. The van der Waals surface area contributed by atoms with Gasteiger partial charge >= 0.3 is 5.97 Å². The molecule has 1 aliphatic heterocycles. The van der Waals surface area contributed by atoms with E-state index in [1.807, 2.05) is 6.92 Å². The molecule has 1 unspecified atom stereocenters. The zero-order chi connectivity index (χ0) is 14.5. The largest absolute Gasteiger partial charge is 0.481 e. The predicted octanol–water partition coefficient (Wildman–Crippen LogP) is 0.0424. The van der Waals surface area contributed by atoms with Gasteiger partial charge in [-0.2, -0.15) is 17.4 Å². The maximum absolute atomic E-state index is 12.0. The molecule has 0 bridgehead atoms. The molecular weight excluding hydrogens is 272 g/mol. The lowest BCUT2D eigenvalue weighted by atomic mass is 9.99. The van der Waals surface area contributed by atoms with Gasteiger partial charge in [0.25, 0.3) is 10.2 Å². The molecule has 2 N–H and O–H groups in total. The Kier molecular flexibility index (Phi) is 6.18. The minimum Gasteiger partial charge on any atom is -0.481 e. The lowest BCUT2D eigenvalue weighted by molar-refractivity contribution is -0.142. The lowest BCUT2D eigenvalue weighted by Gasteiger charge is -2.30. The van der Waals surface area contributed by atoms with E-state index >= 15 is 0 Å². The molecule has 1 saturated heterocycles. The number of piperidine rings is 1. The van der Waals surface area contributed by atoms with Crippen LogP contribution in [0.3, 0.4) is 0 Å². The predicted molar refractivity (Wildman–Crippen MR) is 69.9 cm³/mol. The molecular formula is C11H22N2O5S. The summed E-state index contributed by atoms with van der Waals surface area (Å²) in [7, 11) is -3.55. The van der Waals surface area contributed by atoms with E-state index in [-0.39, 0.29) is 19.1 Å². The van der Waals surface area contributed by atoms with Gasteiger partial charge in [-0.1, -0.05) is 0 Å². The van der Waals surface area contributed by atoms with Crippen molar-refractivity contribution in [2.24, 2.45) is 5.92 Å². The number of aliphatic carboxylic acids is 1. The van der Waals surface area contributed by atoms with Gasteiger partial charge in [0, 0.05) is 25.7 Å². The van der Waals surface area contributed by atoms with Crippen molar-refractivity contribution in [3.8, 4) is 0 Å². The molecule has 0 aromatic rings. The summed E-state index contributed by atoms with van der Waals surface area (Å²) in [4.78, 5) is 10.8. The highest BCUT2D eigenvalue weighted by Crippen LogP contribution is 2.19. The van der Waals surface area contributed by atoms with Gasteiger partial charge in [0.15, 0.2) is 0 Å². The Bertz CT molecular complexity index is 390. The van der Waals surface area contributed by atoms with Crippen LogP contribution in [0.5, 0.6) is 0 Å². The van der Waals surface area contributed by atoms with E-state index in [0.717, 1.165) is 0 Å². The highest BCUT2D eigenvalue weighted by molar-refractivity contribution is 7.87. The Balaban J connectivity index is 2.48. The minimum absolute atomic E-state index is 0.244. The highest BCUT2D eigenvalue weighted by Gasteiger charge is 2.31. The average Bonchev–Trinajstić information content (AvgIpc) is 2.36. The number of hydrogen-bond donors (Lipinski definition) is 2. The van der Waals surface area contributed by atoms with E-state index in [2.05, 4.69) is 4.72 Å². The van der Waals surface area contributed by atoms with E-state index in [0.29, 0.717) is 26.1 Å². The Labute approximate surface area is 114 Å². The van der Waals surface area contributed by atoms with Gasteiger partial charge in [-0.3, -0.25) is 4.79 Å². The number of carboxylic acids is 1. The van der Waals surface area contributed by atoms with E-state index < -0.39 is 22.1 Å². The van der Waals surface area contributed by atoms with Gasteiger partial charge in [-0.15, -0.1) is 0 Å². The topological polar surface area (TPSA) is 95.9 Å². The number of nitrogens with one attached hydrogen (secondary N) is 1. The Morgan fingerprint density at radius 2 is 2.05 bits per heavy atom. The molecule has 0 radical (unpaired) electrons. The van der Waals surface area contributed by atoms with Crippen molar-refractivity contribution >= 4 is 16.2 Å². The monoisotopic (exact) mass is 294 g/mol.